The Hall–Kier alpha value is -2.22. The number of aromatic nitrogens is 1. The van der Waals surface area contributed by atoms with E-state index in [9.17, 15) is 19.7 Å². The summed E-state index contributed by atoms with van der Waals surface area (Å²) in [5.74, 6) is -1.34. The highest BCUT2D eigenvalue weighted by atomic mass is 79.9. The summed E-state index contributed by atoms with van der Waals surface area (Å²) >= 11 is 3.08. The van der Waals surface area contributed by atoms with E-state index in [4.69, 9.17) is 5.11 Å². The summed E-state index contributed by atoms with van der Waals surface area (Å²) in [4.78, 5) is 35.8. The molecule has 0 amide bonds. The molecular formula is C11H7BrN2O5. The average Bonchev–Trinajstić information content (AvgIpc) is 2.32. The van der Waals surface area contributed by atoms with Gasteiger partial charge in [-0.3, -0.25) is 14.9 Å². The van der Waals surface area contributed by atoms with Gasteiger partial charge in [-0.25, -0.2) is 4.79 Å². The van der Waals surface area contributed by atoms with Crippen LogP contribution in [0.2, 0.25) is 0 Å². The Morgan fingerprint density at radius 3 is 2.63 bits per heavy atom. The molecule has 1 aromatic heterocycles. The number of halogens is 1. The third-order valence-electron chi connectivity index (χ3n) is 2.70. The minimum Gasteiger partial charge on any atom is -0.477 e. The molecule has 0 aliphatic heterocycles. The predicted molar refractivity (Wildman–Crippen MR) is 70.6 cm³/mol. The molecule has 0 unspecified atom stereocenters. The molecule has 98 valence electrons. The van der Waals surface area contributed by atoms with Crippen LogP contribution in [0.5, 0.6) is 0 Å². The topological polar surface area (TPSA) is 113 Å². The molecule has 0 atom stereocenters. The van der Waals surface area contributed by atoms with E-state index in [1.54, 1.807) is 0 Å². The number of carboxylic acid groups (broad SMARTS) is 1. The number of H-pyrrole nitrogens is 1. The summed E-state index contributed by atoms with van der Waals surface area (Å²) in [6, 6.07) is 2.62. The Morgan fingerprint density at radius 1 is 1.47 bits per heavy atom. The normalized spacial score (nSPS) is 10.6. The number of carbonyl (C=O) groups is 1. The van der Waals surface area contributed by atoms with Crippen molar-refractivity contribution in [2.45, 2.75) is 6.92 Å². The van der Waals surface area contributed by atoms with Gasteiger partial charge in [0.2, 0.25) is 0 Å². The fourth-order valence-electron chi connectivity index (χ4n) is 1.80. The van der Waals surface area contributed by atoms with Crippen LogP contribution in [0, 0.1) is 17.0 Å². The maximum Gasteiger partial charge on any atom is 0.352 e. The minimum atomic E-state index is -1.34. The Balaban J connectivity index is 3.05. The molecule has 1 aromatic carbocycles. The van der Waals surface area contributed by atoms with Crippen molar-refractivity contribution < 1.29 is 14.8 Å². The maximum absolute atomic E-state index is 12.1. The molecule has 2 aromatic rings. The van der Waals surface area contributed by atoms with E-state index in [1.165, 1.54) is 19.1 Å². The molecule has 19 heavy (non-hydrogen) atoms. The first kappa shape index (κ1) is 13.2. The fraction of sp³-hybridized carbons (Fsp3) is 0.0909. The summed E-state index contributed by atoms with van der Waals surface area (Å²) in [6.07, 6.45) is 0. The standard InChI is InChI=1S/C11H7BrN2O5/c1-4-8(11(16)17)13-9-6(10(4)15)2-5(12)3-7(9)14(18)19/h2-3H,1H3,(H,13,15)(H,16,17). The number of nitro groups is 1. The van der Waals surface area contributed by atoms with Crippen molar-refractivity contribution >= 4 is 38.5 Å². The molecule has 0 aliphatic carbocycles. The number of hydrogen-bond acceptors (Lipinski definition) is 4. The quantitative estimate of drug-likeness (QED) is 0.648. The molecule has 0 aliphatic rings. The lowest BCUT2D eigenvalue weighted by atomic mass is 10.1. The highest BCUT2D eigenvalue weighted by molar-refractivity contribution is 9.10. The van der Waals surface area contributed by atoms with Gasteiger partial charge < -0.3 is 10.1 Å². The second kappa shape index (κ2) is 4.47. The van der Waals surface area contributed by atoms with Crippen LogP contribution in [0.15, 0.2) is 21.4 Å². The van der Waals surface area contributed by atoms with E-state index in [0.29, 0.717) is 4.47 Å². The molecule has 2 rings (SSSR count). The lowest BCUT2D eigenvalue weighted by Gasteiger charge is -2.05. The van der Waals surface area contributed by atoms with Crippen LogP contribution in [0.25, 0.3) is 10.9 Å². The van der Waals surface area contributed by atoms with Gasteiger partial charge in [0.05, 0.1) is 10.3 Å². The molecule has 8 heteroatoms. The number of hydrogen-bond donors (Lipinski definition) is 2. The Labute approximate surface area is 114 Å². The molecule has 0 fully saturated rings. The molecule has 1 heterocycles. The summed E-state index contributed by atoms with van der Waals surface area (Å²) in [7, 11) is 0. The first-order valence-corrected chi connectivity index (χ1v) is 5.86. The SMILES string of the molecule is Cc1c(C(=O)O)[nH]c2c([N+](=O)[O-])cc(Br)cc2c1=O. The molecule has 7 nitrogen and oxygen atoms in total. The maximum atomic E-state index is 12.1. The monoisotopic (exact) mass is 326 g/mol. The van der Waals surface area contributed by atoms with Crippen molar-refractivity contribution in [3.63, 3.8) is 0 Å². The van der Waals surface area contributed by atoms with Gasteiger partial charge in [-0.2, -0.15) is 0 Å². The second-order valence-corrected chi connectivity index (χ2v) is 4.78. The van der Waals surface area contributed by atoms with Gasteiger partial charge in [0, 0.05) is 16.1 Å². The Bertz CT molecular complexity index is 781. The molecule has 0 spiro atoms. The molecule has 0 bridgehead atoms. The molecule has 2 N–H and O–H groups in total. The number of carboxylic acids is 1. The number of pyridine rings is 1. The van der Waals surface area contributed by atoms with Crippen molar-refractivity contribution in [3.05, 3.63) is 48.2 Å². The van der Waals surface area contributed by atoms with Gasteiger partial charge in [0.15, 0.2) is 5.43 Å². The molecule has 0 saturated carbocycles. The number of nitrogens with zero attached hydrogens (tertiary/aromatic N) is 1. The number of fused-ring (bicyclic) bond motifs is 1. The van der Waals surface area contributed by atoms with E-state index in [0.717, 1.165) is 0 Å². The van der Waals surface area contributed by atoms with Crippen LogP contribution in [-0.2, 0) is 0 Å². The zero-order valence-electron chi connectivity index (χ0n) is 9.56. The largest absolute Gasteiger partial charge is 0.477 e. The summed E-state index contributed by atoms with van der Waals surface area (Å²) in [5.41, 5.74) is -1.34. The highest BCUT2D eigenvalue weighted by Gasteiger charge is 2.20. The highest BCUT2D eigenvalue weighted by Crippen LogP contribution is 2.27. The number of benzene rings is 1. The zero-order valence-corrected chi connectivity index (χ0v) is 11.1. The van der Waals surface area contributed by atoms with Gasteiger partial charge in [-0.05, 0) is 13.0 Å². The van der Waals surface area contributed by atoms with Gasteiger partial charge in [0.25, 0.3) is 5.69 Å². The average molecular weight is 327 g/mol. The number of aromatic amines is 1. The minimum absolute atomic E-state index is 0.00685. The Morgan fingerprint density at radius 2 is 2.11 bits per heavy atom. The van der Waals surface area contributed by atoms with E-state index < -0.39 is 16.3 Å². The first-order chi connectivity index (χ1) is 8.82. The number of rotatable bonds is 2. The molecule has 0 saturated heterocycles. The number of non-ortho nitro benzene ring substituents is 1. The second-order valence-electron chi connectivity index (χ2n) is 3.86. The molecule has 0 radical (unpaired) electrons. The molecular weight excluding hydrogens is 320 g/mol. The third kappa shape index (κ3) is 2.10. The van der Waals surface area contributed by atoms with E-state index in [-0.39, 0.29) is 27.8 Å². The van der Waals surface area contributed by atoms with Crippen molar-refractivity contribution in [1.29, 1.82) is 0 Å². The van der Waals surface area contributed by atoms with Crippen molar-refractivity contribution in [1.82, 2.24) is 4.98 Å². The van der Waals surface area contributed by atoms with Crippen LogP contribution in [0.1, 0.15) is 16.1 Å². The lowest BCUT2D eigenvalue weighted by Crippen LogP contribution is -2.16. The van der Waals surface area contributed by atoms with E-state index >= 15 is 0 Å². The van der Waals surface area contributed by atoms with Crippen LogP contribution in [0.4, 0.5) is 5.69 Å². The first-order valence-electron chi connectivity index (χ1n) is 5.06. The Kier molecular flexibility index (Phi) is 3.11. The number of nitrogens with one attached hydrogen (secondary N) is 1. The van der Waals surface area contributed by atoms with Gasteiger partial charge in [-0.15, -0.1) is 0 Å². The van der Waals surface area contributed by atoms with Crippen LogP contribution >= 0.6 is 15.9 Å². The van der Waals surface area contributed by atoms with E-state index in [1.807, 2.05) is 0 Å². The van der Waals surface area contributed by atoms with Crippen molar-refractivity contribution in [2.24, 2.45) is 0 Å². The third-order valence-corrected chi connectivity index (χ3v) is 3.16. The van der Waals surface area contributed by atoms with Gasteiger partial charge >= 0.3 is 5.97 Å². The smallest absolute Gasteiger partial charge is 0.352 e. The number of nitro benzene ring substituents is 1. The summed E-state index contributed by atoms with van der Waals surface area (Å²) in [6.45, 7) is 1.36. The van der Waals surface area contributed by atoms with Crippen molar-refractivity contribution in [3.8, 4) is 0 Å². The number of aromatic carboxylic acids is 1. The van der Waals surface area contributed by atoms with Crippen molar-refractivity contribution in [2.75, 3.05) is 0 Å². The van der Waals surface area contributed by atoms with Crippen LogP contribution < -0.4 is 5.43 Å². The predicted octanol–water partition coefficient (Wildman–Crippen LogP) is 2.21. The fourth-order valence-corrected chi connectivity index (χ4v) is 2.24. The zero-order chi connectivity index (χ0) is 14.3. The van der Waals surface area contributed by atoms with Crippen LogP contribution in [-0.4, -0.2) is 21.0 Å². The summed E-state index contributed by atoms with van der Waals surface area (Å²) in [5, 5.41) is 20.0. The lowest BCUT2D eigenvalue weighted by molar-refractivity contribution is -0.383. The van der Waals surface area contributed by atoms with Gasteiger partial charge in [0.1, 0.15) is 11.2 Å². The van der Waals surface area contributed by atoms with Gasteiger partial charge in [-0.1, -0.05) is 15.9 Å². The van der Waals surface area contributed by atoms with Crippen LogP contribution in [0.3, 0.4) is 0 Å². The van der Waals surface area contributed by atoms with E-state index in [2.05, 4.69) is 20.9 Å². The summed E-state index contributed by atoms with van der Waals surface area (Å²) < 4.78 is 0.375.